The molecular formula is C11H16F3NO2. The zero-order valence-corrected chi connectivity index (χ0v) is 9.48. The van der Waals surface area contributed by atoms with Crippen LogP contribution in [0.3, 0.4) is 0 Å². The van der Waals surface area contributed by atoms with Crippen molar-refractivity contribution in [2.24, 2.45) is 0 Å². The van der Waals surface area contributed by atoms with E-state index in [0.717, 1.165) is 19.3 Å². The van der Waals surface area contributed by atoms with Crippen LogP contribution >= 0.6 is 0 Å². The molecule has 98 valence electrons. The van der Waals surface area contributed by atoms with Gasteiger partial charge in [0.25, 0.3) is 0 Å². The number of amides is 1. The summed E-state index contributed by atoms with van der Waals surface area (Å²) in [4.78, 5) is 10.9. The first-order chi connectivity index (χ1) is 7.97. The van der Waals surface area contributed by atoms with Crippen molar-refractivity contribution in [2.45, 2.75) is 38.3 Å². The Morgan fingerprint density at radius 1 is 1.41 bits per heavy atom. The lowest BCUT2D eigenvalue weighted by Gasteiger charge is -2.13. The predicted molar refractivity (Wildman–Crippen MR) is 56.6 cm³/mol. The molecule has 0 heterocycles. The van der Waals surface area contributed by atoms with Crippen LogP contribution in [0, 0.1) is 0 Å². The second kappa shape index (κ2) is 6.51. The minimum Gasteiger partial charge on any atom is -0.440 e. The maximum atomic E-state index is 11.7. The van der Waals surface area contributed by atoms with Gasteiger partial charge >= 0.3 is 12.3 Å². The summed E-state index contributed by atoms with van der Waals surface area (Å²) in [7, 11) is 0. The third-order valence-corrected chi connectivity index (χ3v) is 2.47. The van der Waals surface area contributed by atoms with Crippen LogP contribution in [-0.2, 0) is 4.74 Å². The summed E-state index contributed by atoms with van der Waals surface area (Å²) >= 11 is 0. The van der Waals surface area contributed by atoms with Gasteiger partial charge < -0.3 is 10.1 Å². The van der Waals surface area contributed by atoms with Crippen molar-refractivity contribution in [3.05, 3.63) is 11.6 Å². The number of halogens is 3. The van der Waals surface area contributed by atoms with Gasteiger partial charge in [-0.15, -0.1) is 0 Å². The van der Waals surface area contributed by atoms with Crippen molar-refractivity contribution in [1.82, 2.24) is 5.32 Å². The molecule has 1 aliphatic carbocycles. The van der Waals surface area contributed by atoms with Gasteiger partial charge in [0.2, 0.25) is 0 Å². The third-order valence-electron chi connectivity index (χ3n) is 2.47. The number of alkyl carbamates (subject to hydrolysis) is 1. The largest absolute Gasteiger partial charge is 0.440 e. The van der Waals surface area contributed by atoms with E-state index in [1.807, 2.05) is 0 Å². The van der Waals surface area contributed by atoms with E-state index in [1.54, 1.807) is 0 Å². The highest BCUT2D eigenvalue weighted by atomic mass is 19.4. The van der Waals surface area contributed by atoms with Crippen LogP contribution in [-0.4, -0.2) is 25.4 Å². The van der Waals surface area contributed by atoms with Crippen molar-refractivity contribution in [2.75, 3.05) is 13.2 Å². The number of hydrogen-bond acceptors (Lipinski definition) is 2. The summed E-state index contributed by atoms with van der Waals surface area (Å²) in [6, 6.07) is 0. The summed E-state index contributed by atoms with van der Waals surface area (Å²) in [6.45, 7) is -1.22. The molecule has 0 radical (unpaired) electrons. The average Bonchev–Trinajstić information content (AvgIpc) is 2.27. The van der Waals surface area contributed by atoms with Crippen LogP contribution in [0.15, 0.2) is 11.6 Å². The molecule has 0 aromatic heterocycles. The highest BCUT2D eigenvalue weighted by Crippen LogP contribution is 2.19. The first-order valence-corrected chi connectivity index (χ1v) is 5.63. The van der Waals surface area contributed by atoms with Crippen LogP contribution in [0.5, 0.6) is 0 Å². The Bertz CT molecular complexity index is 287. The minimum absolute atomic E-state index is 0.322. The van der Waals surface area contributed by atoms with Gasteiger partial charge in [0.05, 0.1) is 0 Å². The number of alkyl halides is 3. The summed E-state index contributed by atoms with van der Waals surface area (Å²) in [5.74, 6) is 0. The van der Waals surface area contributed by atoms with E-state index in [2.05, 4.69) is 16.1 Å². The van der Waals surface area contributed by atoms with E-state index in [1.165, 1.54) is 12.0 Å². The molecule has 0 aromatic carbocycles. The zero-order valence-electron chi connectivity index (χ0n) is 9.48. The first-order valence-electron chi connectivity index (χ1n) is 5.63. The molecular weight excluding hydrogens is 235 g/mol. The van der Waals surface area contributed by atoms with E-state index in [4.69, 9.17) is 0 Å². The number of carbonyl (C=O) groups is 1. The van der Waals surface area contributed by atoms with Crippen molar-refractivity contribution in [3.63, 3.8) is 0 Å². The lowest BCUT2D eigenvalue weighted by atomic mass is 9.97. The van der Waals surface area contributed by atoms with E-state index in [9.17, 15) is 18.0 Å². The number of ether oxygens (including phenoxy) is 1. The molecule has 1 N–H and O–H groups in total. The summed E-state index contributed by atoms with van der Waals surface area (Å²) in [6.07, 6.45) is 1.72. The molecule has 0 unspecified atom stereocenters. The Morgan fingerprint density at radius 2 is 2.18 bits per heavy atom. The number of nitrogens with one attached hydrogen (secondary N) is 1. The third kappa shape index (κ3) is 6.86. The Balaban J connectivity index is 2.09. The fourth-order valence-electron chi connectivity index (χ4n) is 1.66. The van der Waals surface area contributed by atoms with Gasteiger partial charge in [-0.2, -0.15) is 13.2 Å². The quantitative estimate of drug-likeness (QED) is 0.779. The van der Waals surface area contributed by atoms with Gasteiger partial charge in [0, 0.05) is 6.54 Å². The molecule has 0 aromatic rings. The van der Waals surface area contributed by atoms with Crippen molar-refractivity contribution in [1.29, 1.82) is 0 Å². The first kappa shape index (κ1) is 13.9. The standard InChI is InChI=1S/C11H16F3NO2/c12-11(13,14)8-17-10(16)15-7-6-9-4-2-1-3-5-9/h4H,1-3,5-8H2,(H,15,16). The molecule has 1 rings (SSSR count). The lowest BCUT2D eigenvalue weighted by molar-refractivity contribution is -0.160. The monoisotopic (exact) mass is 251 g/mol. The molecule has 0 saturated heterocycles. The molecule has 6 heteroatoms. The van der Waals surface area contributed by atoms with Gasteiger partial charge in [-0.3, -0.25) is 0 Å². The Kier molecular flexibility index (Phi) is 5.31. The van der Waals surface area contributed by atoms with Crippen molar-refractivity contribution >= 4 is 6.09 Å². The second-order valence-corrected chi connectivity index (χ2v) is 3.98. The minimum atomic E-state index is -4.47. The average molecular weight is 251 g/mol. The van der Waals surface area contributed by atoms with Crippen molar-refractivity contribution < 1.29 is 22.7 Å². The Hall–Kier alpha value is -1.20. The van der Waals surface area contributed by atoms with Crippen molar-refractivity contribution in [3.8, 4) is 0 Å². The molecule has 17 heavy (non-hydrogen) atoms. The molecule has 1 aliphatic rings. The number of allylic oxidation sites excluding steroid dienone is 1. The number of rotatable bonds is 4. The van der Waals surface area contributed by atoms with Gasteiger partial charge in [0.15, 0.2) is 6.61 Å². The molecule has 0 aliphatic heterocycles. The fourth-order valence-corrected chi connectivity index (χ4v) is 1.66. The van der Waals surface area contributed by atoms with E-state index in [0.29, 0.717) is 13.0 Å². The molecule has 0 atom stereocenters. The van der Waals surface area contributed by atoms with Crippen LogP contribution in [0.25, 0.3) is 0 Å². The Labute approximate surface area is 98.0 Å². The predicted octanol–water partition coefficient (Wildman–Crippen LogP) is 3.17. The van der Waals surface area contributed by atoms with Gasteiger partial charge in [-0.05, 0) is 32.1 Å². The van der Waals surface area contributed by atoms with Crippen LogP contribution in [0.4, 0.5) is 18.0 Å². The summed E-state index contributed by atoms with van der Waals surface area (Å²) in [5, 5.41) is 2.30. The van der Waals surface area contributed by atoms with Crippen LogP contribution in [0.1, 0.15) is 32.1 Å². The highest BCUT2D eigenvalue weighted by molar-refractivity contribution is 5.67. The van der Waals surface area contributed by atoms with Crippen LogP contribution in [0.2, 0.25) is 0 Å². The van der Waals surface area contributed by atoms with Gasteiger partial charge in [-0.1, -0.05) is 11.6 Å². The SMILES string of the molecule is O=C(NCCC1=CCCCC1)OCC(F)(F)F. The topological polar surface area (TPSA) is 38.3 Å². The molecule has 0 bridgehead atoms. The van der Waals surface area contributed by atoms with E-state index in [-0.39, 0.29) is 0 Å². The van der Waals surface area contributed by atoms with E-state index < -0.39 is 18.9 Å². The summed E-state index contributed by atoms with van der Waals surface area (Å²) in [5.41, 5.74) is 1.26. The molecule has 1 amide bonds. The highest BCUT2D eigenvalue weighted by Gasteiger charge is 2.29. The second-order valence-electron chi connectivity index (χ2n) is 3.98. The van der Waals surface area contributed by atoms with Gasteiger partial charge in [-0.25, -0.2) is 4.79 Å². The fraction of sp³-hybridized carbons (Fsp3) is 0.727. The maximum Gasteiger partial charge on any atom is 0.422 e. The lowest BCUT2D eigenvalue weighted by Crippen LogP contribution is -2.29. The number of hydrogen-bond donors (Lipinski definition) is 1. The zero-order chi connectivity index (χ0) is 12.7. The Morgan fingerprint density at radius 3 is 2.76 bits per heavy atom. The molecule has 0 saturated carbocycles. The smallest absolute Gasteiger partial charge is 0.422 e. The van der Waals surface area contributed by atoms with Crippen LogP contribution < -0.4 is 5.32 Å². The number of carbonyl (C=O) groups excluding carboxylic acids is 1. The molecule has 0 fully saturated rings. The maximum absolute atomic E-state index is 11.7. The molecule has 0 spiro atoms. The molecule has 3 nitrogen and oxygen atoms in total. The summed E-state index contributed by atoms with van der Waals surface area (Å²) < 4.78 is 39.1. The van der Waals surface area contributed by atoms with Gasteiger partial charge in [0.1, 0.15) is 0 Å². The van der Waals surface area contributed by atoms with E-state index >= 15 is 0 Å². The normalized spacial score (nSPS) is 16.3.